The number of hydrogen-bond donors (Lipinski definition) is 0. The standard InChI is InChI=1S/C22H23BrN2/c1-14(2)18-8-6-9-19(15(3)4)22(18)24-13-17-12-11-16-7-5-10-20(23)21(16)25-17/h5-15H,1-4H3/b24-13+. The molecule has 3 aromatic rings. The van der Waals surface area contributed by atoms with E-state index < -0.39 is 0 Å². The molecule has 2 aromatic carbocycles. The zero-order valence-corrected chi connectivity index (χ0v) is 16.7. The molecule has 0 aliphatic heterocycles. The van der Waals surface area contributed by atoms with Gasteiger partial charge in [0.25, 0.3) is 0 Å². The van der Waals surface area contributed by atoms with Gasteiger partial charge in [0, 0.05) is 9.86 Å². The molecule has 0 fully saturated rings. The average molecular weight is 395 g/mol. The highest BCUT2D eigenvalue weighted by Gasteiger charge is 2.12. The fourth-order valence-electron chi connectivity index (χ4n) is 2.99. The number of nitrogens with zero attached hydrogens (tertiary/aromatic N) is 2. The van der Waals surface area contributed by atoms with E-state index in [0.717, 1.165) is 26.8 Å². The average Bonchev–Trinajstić information content (AvgIpc) is 2.60. The van der Waals surface area contributed by atoms with E-state index in [0.29, 0.717) is 11.8 Å². The van der Waals surface area contributed by atoms with Gasteiger partial charge < -0.3 is 0 Å². The van der Waals surface area contributed by atoms with Crippen LogP contribution in [0.25, 0.3) is 10.9 Å². The highest BCUT2D eigenvalue weighted by molar-refractivity contribution is 9.10. The van der Waals surface area contributed by atoms with Crippen LogP contribution in [-0.2, 0) is 0 Å². The highest BCUT2D eigenvalue weighted by atomic mass is 79.9. The molecule has 1 heterocycles. The van der Waals surface area contributed by atoms with Gasteiger partial charge in [0.05, 0.1) is 23.1 Å². The van der Waals surface area contributed by atoms with Crippen LogP contribution >= 0.6 is 15.9 Å². The number of aromatic nitrogens is 1. The molecule has 128 valence electrons. The van der Waals surface area contributed by atoms with E-state index in [1.165, 1.54) is 11.1 Å². The predicted octanol–water partition coefficient (Wildman–Crippen LogP) is 6.99. The number of pyridine rings is 1. The third-order valence-corrected chi connectivity index (χ3v) is 5.00. The molecular formula is C22H23BrN2. The Bertz CT molecular complexity index is 900. The molecule has 3 heteroatoms. The van der Waals surface area contributed by atoms with Crippen molar-refractivity contribution >= 4 is 38.7 Å². The van der Waals surface area contributed by atoms with Crippen LogP contribution in [0.5, 0.6) is 0 Å². The molecule has 0 unspecified atom stereocenters. The Morgan fingerprint density at radius 2 is 1.52 bits per heavy atom. The van der Waals surface area contributed by atoms with Crippen molar-refractivity contribution in [2.24, 2.45) is 4.99 Å². The summed E-state index contributed by atoms with van der Waals surface area (Å²) in [7, 11) is 0. The summed E-state index contributed by atoms with van der Waals surface area (Å²) in [5.74, 6) is 0.870. The molecule has 1 aromatic heterocycles. The van der Waals surface area contributed by atoms with Gasteiger partial charge in [-0.25, -0.2) is 4.98 Å². The van der Waals surface area contributed by atoms with E-state index in [1.54, 1.807) is 0 Å². The zero-order chi connectivity index (χ0) is 18.0. The molecule has 0 bridgehead atoms. The molecule has 0 aliphatic rings. The summed E-state index contributed by atoms with van der Waals surface area (Å²) in [6.07, 6.45) is 1.88. The molecule has 3 rings (SSSR count). The van der Waals surface area contributed by atoms with E-state index in [1.807, 2.05) is 24.4 Å². The van der Waals surface area contributed by atoms with Crippen molar-refractivity contribution in [3.63, 3.8) is 0 Å². The van der Waals surface area contributed by atoms with Crippen molar-refractivity contribution in [1.82, 2.24) is 4.98 Å². The number of halogens is 1. The van der Waals surface area contributed by atoms with Crippen molar-refractivity contribution in [3.8, 4) is 0 Å². The largest absolute Gasteiger partial charge is 0.254 e. The van der Waals surface area contributed by atoms with Crippen LogP contribution in [-0.4, -0.2) is 11.2 Å². The summed E-state index contributed by atoms with van der Waals surface area (Å²) < 4.78 is 1.01. The molecule has 25 heavy (non-hydrogen) atoms. The second-order valence-electron chi connectivity index (χ2n) is 6.90. The van der Waals surface area contributed by atoms with Crippen LogP contribution in [0.4, 0.5) is 5.69 Å². The molecule has 2 nitrogen and oxygen atoms in total. The van der Waals surface area contributed by atoms with Gasteiger partial charge in [-0.05, 0) is 51.0 Å². The Morgan fingerprint density at radius 3 is 2.16 bits per heavy atom. The summed E-state index contributed by atoms with van der Waals surface area (Å²) in [5.41, 5.74) is 5.48. The van der Waals surface area contributed by atoms with Crippen molar-refractivity contribution in [3.05, 3.63) is 69.8 Å². The topological polar surface area (TPSA) is 25.2 Å². The van der Waals surface area contributed by atoms with E-state index in [9.17, 15) is 0 Å². The number of para-hydroxylation sites is 2. The fraction of sp³-hybridized carbons (Fsp3) is 0.273. The number of hydrogen-bond acceptors (Lipinski definition) is 2. The van der Waals surface area contributed by atoms with Gasteiger partial charge in [-0.1, -0.05) is 64.1 Å². The van der Waals surface area contributed by atoms with Crippen LogP contribution < -0.4 is 0 Å². The van der Waals surface area contributed by atoms with E-state index >= 15 is 0 Å². The molecule has 0 aliphatic carbocycles. The Balaban J connectivity index is 2.06. The lowest BCUT2D eigenvalue weighted by Crippen LogP contribution is -1.96. The predicted molar refractivity (Wildman–Crippen MR) is 111 cm³/mol. The Hall–Kier alpha value is -2.00. The maximum absolute atomic E-state index is 4.85. The SMILES string of the molecule is CC(C)c1cccc(C(C)C)c1/N=C/c1ccc2cccc(Br)c2n1. The highest BCUT2D eigenvalue weighted by Crippen LogP contribution is 2.34. The normalized spacial score (nSPS) is 12.0. The van der Waals surface area contributed by atoms with Gasteiger partial charge in [-0.2, -0.15) is 0 Å². The molecule has 0 radical (unpaired) electrons. The Labute approximate surface area is 158 Å². The van der Waals surface area contributed by atoms with Gasteiger partial charge >= 0.3 is 0 Å². The second-order valence-corrected chi connectivity index (χ2v) is 7.75. The third-order valence-electron chi connectivity index (χ3n) is 4.36. The number of fused-ring (bicyclic) bond motifs is 1. The second kappa shape index (κ2) is 7.49. The number of aliphatic imine (C=N–C) groups is 1. The quantitative estimate of drug-likeness (QED) is 0.437. The van der Waals surface area contributed by atoms with Crippen molar-refractivity contribution < 1.29 is 0 Å². The summed E-state index contributed by atoms with van der Waals surface area (Å²) in [5, 5.41) is 1.12. The lowest BCUT2D eigenvalue weighted by molar-refractivity contribution is 0.835. The van der Waals surface area contributed by atoms with Crippen molar-refractivity contribution in [2.75, 3.05) is 0 Å². The summed E-state index contributed by atoms with van der Waals surface area (Å²) in [4.78, 5) is 9.60. The van der Waals surface area contributed by atoms with Crippen LogP contribution in [0.15, 0.2) is 58.0 Å². The maximum atomic E-state index is 4.85. The fourth-order valence-corrected chi connectivity index (χ4v) is 3.46. The van der Waals surface area contributed by atoms with E-state index in [2.05, 4.69) is 74.0 Å². The molecule has 0 spiro atoms. The molecule has 0 N–H and O–H groups in total. The van der Waals surface area contributed by atoms with E-state index in [-0.39, 0.29) is 0 Å². The molecule has 0 saturated carbocycles. The van der Waals surface area contributed by atoms with Crippen LogP contribution in [0.3, 0.4) is 0 Å². The first-order chi connectivity index (χ1) is 12.0. The third kappa shape index (κ3) is 3.82. The van der Waals surface area contributed by atoms with Gasteiger partial charge in [0.2, 0.25) is 0 Å². The molecule has 0 amide bonds. The van der Waals surface area contributed by atoms with Crippen molar-refractivity contribution in [1.29, 1.82) is 0 Å². The minimum atomic E-state index is 0.435. The minimum absolute atomic E-state index is 0.435. The molecule has 0 saturated heterocycles. The summed E-state index contributed by atoms with van der Waals surface area (Å²) in [6.45, 7) is 8.85. The monoisotopic (exact) mass is 394 g/mol. The summed E-state index contributed by atoms with van der Waals surface area (Å²) >= 11 is 3.58. The lowest BCUT2D eigenvalue weighted by atomic mass is 9.93. The maximum Gasteiger partial charge on any atom is 0.0851 e. The Morgan fingerprint density at radius 1 is 0.880 bits per heavy atom. The molecule has 0 atom stereocenters. The smallest absolute Gasteiger partial charge is 0.0851 e. The van der Waals surface area contributed by atoms with Crippen LogP contribution in [0, 0.1) is 0 Å². The number of rotatable bonds is 4. The zero-order valence-electron chi connectivity index (χ0n) is 15.1. The van der Waals surface area contributed by atoms with Crippen molar-refractivity contribution in [2.45, 2.75) is 39.5 Å². The van der Waals surface area contributed by atoms with Crippen LogP contribution in [0.1, 0.15) is 56.4 Å². The van der Waals surface area contributed by atoms with Crippen LogP contribution in [0.2, 0.25) is 0 Å². The molecular weight excluding hydrogens is 372 g/mol. The van der Waals surface area contributed by atoms with Gasteiger partial charge in [-0.15, -0.1) is 0 Å². The van der Waals surface area contributed by atoms with Gasteiger partial charge in [0.15, 0.2) is 0 Å². The first-order valence-electron chi connectivity index (χ1n) is 8.69. The minimum Gasteiger partial charge on any atom is -0.254 e. The van der Waals surface area contributed by atoms with E-state index in [4.69, 9.17) is 9.98 Å². The Kier molecular flexibility index (Phi) is 5.33. The first kappa shape index (κ1) is 17.8. The summed E-state index contributed by atoms with van der Waals surface area (Å²) in [6, 6.07) is 16.7. The lowest BCUT2D eigenvalue weighted by Gasteiger charge is -2.16. The first-order valence-corrected chi connectivity index (χ1v) is 9.49. The number of benzene rings is 2. The van der Waals surface area contributed by atoms with Gasteiger partial charge in [0.1, 0.15) is 0 Å². The van der Waals surface area contributed by atoms with Gasteiger partial charge in [-0.3, -0.25) is 4.99 Å².